The Kier molecular flexibility index (Phi) is 4.26. The molecule has 0 radical (unpaired) electrons. The summed E-state index contributed by atoms with van der Waals surface area (Å²) in [7, 11) is -4.42. The first-order valence-corrected chi connectivity index (χ1v) is 7.90. The van der Waals surface area contributed by atoms with E-state index in [2.05, 4.69) is 5.32 Å². The lowest BCUT2D eigenvalue weighted by atomic mass is 10.2. The third-order valence-electron chi connectivity index (χ3n) is 3.34. The molecular formula is C12H15F3N2O4S. The molecule has 6 nitrogen and oxygen atoms in total. The van der Waals surface area contributed by atoms with Crippen molar-refractivity contribution in [3.63, 3.8) is 0 Å². The maximum atomic E-state index is 13.2. The van der Waals surface area contributed by atoms with E-state index in [4.69, 9.17) is 4.42 Å². The summed E-state index contributed by atoms with van der Waals surface area (Å²) in [6.07, 6.45) is -5.81. The van der Waals surface area contributed by atoms with Gasteiger partial charge in [-0.15, -0.1) is 0 Å². The molecule has 0 aliphatic carbocycles. The van der Waals surface area contributed by atoms with Crippen molar-refractivity contribution in [1.82, 2.24) is 9.62 Å². The monoisotopic (exact) mass is 340 g/mol. The molecule has 1 N–H and O–H groups in total. The number of nitrogens with one attached hydrogen (secondary N) is 1. The Balaban J connectivity index is 2.50. The molecule has 2 rings (SSSR count). The predicted octanol–water partition coefficient (Wildman–Crippen LogP) is 1.34. The lowest BCUT2D eigenvalue weighted by Crippen LogP contribution is -2.49. The minimum atomic E-state index is -4.85. The van der Waals surface area contributed by atoms with E-state index in [1.165, 1.54) is 19.9 Å². The second kappa shape index (κ2) is 5.58. The largest absolute Gasteiger partial charge is 0.465 e. The highest BCUT2D eigenvalue weighted by molar-refractivity contribution is 7.89. The van der Waals surface area contributed by atoms with Crippen LogP contribution in [-0.2, 0) is 14.8 Å². The van der Waals surface area contributed by atoms with Gasteiger partial charge < -0.3 is 9.73 Å². The number of furan rings is 1. The molecule has 1 fully saturated rings. The molecular weight excluding hydrogens is 325 g/mol. The number of amides is 1. The molecule has 22 heavy (non-hydrogen) atoms. The Hall–Kier alpha value is -1.55. The van der Waals surface area contributed by atoms with E-state index in [1.54, 1.807) is 0 Å². The predicted molar refractivity (Wildman–Crippen MR) is 69.5 cm³/mol. The Bertz CT molecular complexity index is 681. The first-order chi connectivity index (χ1) is 10.0. The lowest BCUT2D eigenvalue weighted by Gasteiger charge is -2.29. The SMILES string of the molecule is Cc1cc(S(=O)(=O)N2CCNC(=O)C[C@H]2C(F)(F)F)c(C)o1. The number of nitrogens with zero attached hydrogens (tertiary/aromatic N) is 1. The maximum Gasteiger partial charge on any atom is 0.405 e. The molecule has 124 valence electrons. The van der Waals surface area contributed by atoms with Crippen LogP contribution >= 0.6 is 0 Å². The summed E-state index contributed by atoms with van der Waals surface area (Å²) in [5.74, 6) is -0.536. The van der Waals surface area contributed by atoms with Crippen LogP contribution in [0.5, 0.6) is 0 Å². The van der Waals surface area contributed by atoms with Crippen LogP contribution in [0, 0.1) is 13.8 Å². The van der Waals surface area contributed by atoms with Crippen LogP contribution in [0.1, 0.15) is 17.9 Å². The number of halogens is 3. The second-order valence-corrected chi connectivity index (χ2v) is 6.86. The Morgan fingerprint density at radius 1 is 1.36 bits per heavy atom. The fourth-order valence-electron chi connectivity index (χ4n) is 2.37. The number of carbonyl (C=O) groups excluding carboxylic acids is 1. The van der Waals surface area contributed by atoms with Gasteiger partial charge in [-0.25, -0.2) is 8.42 Å². The lowest BCUT2D eigenvalue weighted by molar-refractivity contribution is -0.173. The molecule has 0 saturated carbocycles. The van der Waals surface area contributed by atoms with Gasteiger partial charge in [0.2, 0.25) is 15.9 Å². The average Bonchev–Trinajstić information content (AvgIpc) is 2.58. The van der Waals surface area contributed by atoms with E-state index in [-0.39, 0.29) is 23.0 Å². The quantitative estimate of drug-likeness (QED) is 0.881. The Labute approximate surface area is 125 Å². The van der Waals surface area contributed by atoms with Crippen molar-refractivity contribution in [1.29, 1.82) is 0 Å². The zero-order valence-corrected chi connectivity index (χ0v) is 12.7. The highest BCUT2D eigenvalue weighted by Gasteiger charge is 2.50. The fraction of sp³-hybridized carbons (Fsp3) is 0.583. The van der Waals surface area contributed by atoms with Crippen molar-refractivity contribution in [3.05, 3.63) is 17.6 Å². The highest BCUT2D eigenvalue weighted by atomic mass is 32.2. The zero-order valence-electron chi connectivity index (χ0n) is 11.9. The van der Waals surface area contributed by atoms with Gasteiger partial charge in [-0.1, -0.05) is 0 Å². The van der Waals surface area contributed by atoms with Gasteiger partial charge in [0.25, 0.3) is 0 Å². The molecule has 1 aromatic rings. The number of alkyl halides is 3. The van der Waals surface area contributed by atoms with Gasteiger partial charge in [0.1, 0.15) is 22.5 Å². The van der Waals surface area contributed by atoms with Crippen LogP contribution in [0.3, 0.4) is 0 Å². The summed E-state index contributed by atoms with van der Waals surface area (Å²) in [5.41, 5.74) is 0. The maximum absolute atomic E-state index is 13.2. The van der Waals surface area contributed by atoms with E-state index in [9.17, 15) is 26.4 Å². The molecule has 1 amide bonds. The molecule has 1 aromatic heterocycles. The molecule has 1 saturated heterocycles. The number of sulfonamides is 1. The van der Waals surface area contributed by atoms with Gasteiger partial charge in [0, 0.05) is 13.1 Å². The number of hydrogen-bond donors (Lipinski definition) is 1. The third kappa shape index (κ3) is 3.12. The smallest absolute Gasteiger partial charge is 0.405 e. The molecule has 0 bridgehead atoms. The fourth-order valence-corrected chi connectivity index (χ4v) is 4.20. The number of aryl methyl sites for hydroxylation is 2. The van der Waals surface area contributed by atoms with E-state index in [0.29, 0.717) is 4.31 Å². The van der Waals surface area contributed by atoms with E-state index >= 15 is 0 Å². The Morgan fingerprint density at radius 2 is 2.00 bits per heavy atom. The minimum Gasteiger partial charge on any atom is -0.465 e. The van der Waals surface area contributed by atoms with Gasteiger partial charge in [-0.05, 0) is 19.9 Å². The van der Waals surface area contributed by atoms with E-state index in [0.717, 1.165) is 0 Å². The van der Waals surface area contributed by atoms with Crippen LogP contribution in [-0.4, -0.2) is 43.9 Å². The summed E-state index contributed by atoms with van der Waals surface area (Å²) >= 11 is 0. The van der Waals surface area contributed by atoms with Crippen molar-refractivity contribution >= 4 is 15.9 Å². The minimum absolute atomic E-state index is 0.0157. The first-order valence-electron chi connectivity index (χ1n) is 6.46. The highest BCUT2D eigenvalue weighted by Crippen LogP contribution is 2.33. The van der Waals surface area contributed by atoms with Gasteiger partial charge in [0.15, 0.2) is 0 Å². The number of hydrogen-bond acceptors (Lipinski definition) is 4. The standard InChI is InChI=1S/C12H15F3N2O4S/c1-7-5-9(8(2)21-7)22(19,20)17-4-3-16-11(18)6-10(17)12(13,14)15/h5,10H,3-4,6H2,1-2H3,(H,16,18)/t10-/m0/s1. The van der Waals surface area contributed by atoms with Crippen molar-refractivity contribution in [2.45, 2.75) is 37.4 Å². The Morgan fingerprint density at radius 3 is 2.50 bits per heavy atom. The molecule has 0 spiro atoms. The van der Waals surface area contributed by atoms with Crippen LogP contribution in [0.15, 0.2) is 15.4 Å². The third-order valence-corrected chi connectivity index (χ3v) is 5.36. The number of carbonyl (C=O) groups is 1. The van der Waals surface area contributed by atoms with Gasteiger partial charge in [-0.3, -0.25) is 4.79 Å². The first kappa shape index (κ1) is 16.8. The zero-order chi connectivity index (χ0) is 16.7. The second-order valence-electron chi connectivity index (χ2n) is 5.00. The average molecular weight is 340 g/mol. The van der Waals surface area contributed by atoms with Gasteiger partial charge in [0.05, 0.1) is 6.42 Å². The van der Waals surface area contributed by atoms with Crippen molar-refractivity contribution in [2.24, 2.45) is 0 Å². The van der Waals surface area contributed by atoms with Gasteiger partial charge in [-0.2, -0.15) is 17.5 Å². The summed E-state index contributed by atoms with van der Waals surface area (Å²) in [4.78, 5) is 11.1. The molecule has 1 aliphatic heterocycles. The van der Waals surface area contributed by atoms with Gasteiger partial charge >= 0.3 is 6.18 Å². The molecule has 2 heterocycles. The normalized spacial score (nSPS) is 21.5. The van der Waals surface area contributed by atoms with E-state index in [1.807, 2.05) is 0 Å². The summed E-state index contributed by atoms with van der Waals surface area (Å²) in [6.45, 7) is 2.23. The molecule has 10 heteroatoms. The summed E-state index contributed by atoms with van der Waals surface area (Å²) in [5, 5.41) is 2.25. The van der Waals surface area contributed by atoms with Crippen LogP contribution in [0.4, 0.5) is 13.2 Å². The molecule has 1 aliphatic rings. The van der Waals surface area contributed by atoms with Crippen molar-refractivity contribution in [2.75, 3.05) is 13.1 Å². The van der Waals surface area contributed by atoms with E-state index < -0.39 is 41.1 Å². The van der Waals surface area contributed by atoms with Crippen LogP contribution in [0.2, 0.25) is 0 Å². The number of rotatable bonds is 2. The van der Waals surface area contributed by atoms with Crippen molar-refractivity contribution < 1.29 is 30.8 Å². The topological polar surface area (TPSA) is 79.6 Å². The van der Waals surface area contributed by atoms with Crippen LogP contribution < -0.4 is 5.32 Å². The molecule has 0 unspecified atom stereocenters. The molecule has 0 aromatic carbocycles. The summed E-state index contributed by atoms with van der Waals surface area (Å²) < 4.78 is 70.1. The summed E-state index contributed by atoms with van der Waals surface area (Å²) in [6, 6.07) is -1.22. The van der Waals surface area contributed by atoms with Crippen molar-refractivity contribution in [3.8, 4) is 0 Å². The van der Waals surface area contributed by atoms with Crippen LogP contribution in [0.25, 0.3) is 0 Å². The molecule has 1 atom stereocenters.